The molecule has 5 rings (SSSR count). The number of carbonyl (C=O) groups is 1. The molecule has 9 heteroatoms. The molecule has 1 aliphatic carbocycles. The van der Waals surface area contributed by atoms with Crippen molar-refractivity contribution in [3.8, 4) is 5.75 Å². The van der Waals surface area contributed by atoms with Gasteiger partial charge in [0.25, 0.3) is 5.91 Å². The molecule has 2 aromatic heterocycles. The first kappa shape index (κ1) is 20.8. The van der Waals surface area contributed by atoms with Crippen molar-refractivity contribution in [2.75, 3.05) is 19.7 Å². The van der Waals surface area contributed by atoms with Gasteiger partial charge in [0.1, 0.15) is 11.6 Å². The number of alkyl halides is 3. The number of benzene rings is 1. The lowest BCUT2D eigenvalue weighted by atomic mass is 9.96. The molecule has 1 aliphatic heterocycles. The molecule has 1 amide bonds. The van der Waals surface area contributed by atoms with Crippen LogP contribution in [0.5, 0.6) is 5.75 Å². The summed E-state index contributed by atoms with van der Waals surface area (Å²) in [6.45, 7) is 1.69. The summed E-state index contributed by atoms with van der Waals surface area (Å²) >= 11 is 0. The highest BCUT2D eigenvalue weighted by atomic mass is 19.4. The Balaban J connectivity index is 1.31. The number of amides is 1. The van der Waals surface area contributed by atoms with E-state index in [9.17, 15) is 18.0 Å². The Bertz CT molecular complexity index is 1120. The predicted molar refractivity (Wildman–Crippen MR) is 111 cm³/mol. The highest BCUT2D eigenvalue weighted by Gasteiger charge is 2.33. The maximum absolute atomic E-state index is 13.2. The fourth-order valence-corrected chi connectivity index (χ4v) is 4.10. The highest BCUT2D eigenvalue weighted by molar-refractivity contribution is 5.94. The molecule has 6 nitrogen and oxygen atoms in total. The van der Waals surface area contributed by atoms with Crippen LogP contribution in [-0.2, 0) is 6.18 Å². The SMILES string of the molecule is O=C(c1ccc(OCC2CC2)cc1)N1CCC[C@@H](c2nnc3ccc(C(F)(F)F)cn23)C1. The van der Waals surface area contributed by atoms with Gasteiger partial charge < -0.3 is 9.64 Å². The van der Waals surface area contributed by atoms with Gasteiger partial charge in [-0.2, -0.15) is 13.2 Å². The number of halogens is 3. The molecule has 3 heterocycles. The maximum Gasteiger partial charge on any atom is 0.417 e. The van der Waals surface area contributed by atoms with Crippen molar-refractivity contribution >= 4 is 11.6 Å². The van der Waals surface area contributed by atoms with Gasteiger partial charge in [0.2, 0.25) is 0 Å². The molecule has 0 N–H and O–H groups in total. The molecule has 2 fully saturated rings. The zero-order valence-electron chi connectivity index (χ0n) is 17.4. The molecule has 1 saturated heterocycles. The van der Waals surface area contributed by atoms with E-state index in [1.54, 1.807) is 17.0 Å². The largest absolute Gasteiger partial charge is 0.493 e. The monoisotopic (exact) mass is 444 g/mol. The Labute approximate surface area is 183 Å². The number of likely N-dealkylation sites (tertiary alicyclic amines) is 1. The average molecular weight is 444 g/mol. The van der Waals surface area contributed by atoms with E-state index in [1.165, 1.54) is 23.3 Å². The number of piperidine rings is 1. The van der Waals surface area contributed by atoms with Gasteiger partial charge in [-0.1, -0.05) is 0 Å². The molecule has 1 saturated carbocycles. The van der Waals surface area contributed by atoms with E-state index in [4.69, 9.17) is 4.74 Å². The number of aromatic nitrogens is 3. The summed E-state index contributed by atoms with van der Waals surface area (Å²) in [7, 11) is 0. The molecule has 1 aromatic carbocycles. The smallest absolute Gasteiger partial charge is 0.417 e. The number of nitrogens with zero attached hydrogens (tertiary/aromatic N) is 4. The molecular formula is C23H23F3N4O2. The fourth-order valence-electron chi connectivity index (χ4n) is 4.10. The summed E-state index contributed by atoms with van der Waals surface area (Å²) in [6.07, 6.45) is 0.489. The minimum atomic E-state index is -4.45. The molecule has 0 unspecified atom stereocenters. The molecule has 1 atom stereocenters. The van der Waals surface area contributed by atoms with Gasteiger partial charge in [0.05, 0.1) is 12.2 Å². The van der Waals surface area contributed by atoms with Gasteiger partial charge >= 0.3 is 6.18 Å². The normalized spacial score (nSPS) is 19.3. The lowest BCUT2D eigenvalue weighted by Gasteiger charge is -2.32. The van der Waals surface area contributed by atoms with Crippen LogP contribution in [0.3, 0.4) is 0 Å². The third-order valence-electron chi connectivity index (χ3n) is 6.11. The van der Waals surface area contributed by atoms with Crippen LogP contribution in [0.25, 0.3) is 5.65 Å². The van der Waals surface area contributed by atoms with Crippen molar-refractivity contribution in [1.82, 2.24) is 19.5 Å². The number of hydrogen-bond acceptors (Lipinski definition) is 4. The molecule has 2 aliphatic rings. The van der Waals surface area contributed by atoms with Gasteiger partial charge in [0.15, 0.2) is 5.65 Å². The van der Waals surface area contributed by atoms with E-state index in [1.807, 2.05) is 12.1 Å². The summed E-state index contributed by atoms with van der Waals surface area (Å²) in [5, 5.41) is 8.17. The van der Waals surface area contributed by atoms with Crippen molar-refractivity contribution in [1.29, 1.82) is 0 Å². The van der Waals surface area contributed by atoms with E-state index in [0.717, 1.165) is 30.9 Å². The molecule has 0 radical (unpaired) electrons. The second kappa shape index (κ2) is 8.11. The molecular weight excluding hydrogens is 421 g/mol. The molecule has 0 bridgehead atoms. The molecule has 3 aromatic rings. The quantitative estimate of drug-likeness (QED) is 0.579. The summed E-state index contributed by atoms with van der Waals surface area (Å²) in [5.41, 5.74) is 0.173. The second-order valence-corrected chi connectivity index (χ2v) is 8.57. The zero-order chi connectivity index (χ0) is 22.3. The third-order valence-corrected chi connectivity index (χ3v) is 6.11. The van der Waals surface area contributed by atoms with Crippen LogP contribution in [0, 0.1) is 5.92 Å². The van der Waals surface area contributed by atoms with E-state index in [0.29, 0.717) is 42.6 Å². The van der Waals surface area contributed by atoms with E-state index < -0.39 is 11.7 Å². The van der Waals surface area contributed by atoms with Crippen LogP contribution < -0.4 is 4.74 Å². The van der Waals surface area contributed by atoms with Gasteiger partial charge in [-0.3, -0.25) is 9.20 Å². The highest BCUT2D eigenvalue weighted by Crippen LogP contribution is 2.32. The number of fused-ring (bicyclic) bond motifs is 1. The minimum absolute atomic E-state index is 0.103. The minimum Gasteiger partial charge on any atom is -0.493 e. The Kier molecular flexibility index (Phi) is 5.27. The van der Waals surface area contributed by atoms with E-state index in [2.05, 4.69) is 10.2 Å². The number of ether oxygens (including phenoxy) is 1. The molecule has 168 valence electrons. The lowest BCUT2D eigenvalue weighted by Crippen LogP contribution is -2.39. The van der Waals surface area contributed by atoms with Gasteiger partial charge in [-0.25, -0.2) is 0 Å². The topological polar surface area (TPSA) is 59.7 Å². The molecule has 32 heavy (non-hydrogen) atoms. The average Bonchev–Trinajstić information content (AvgIpc) is 3.53. The lowest BCUT2D eigenvalue weighted by molar-refractivity contribution is -0.137. The van der Waals surface area contributed by atoms with Gasteiger partial charge in [-0.15, -0.1) is 10.2 Å². The number of carbonyl (C=O) groups excluding carboxylic acids is 1. The summed E-state index contributed by atoms with van der Waals surface area (Å²) < 4.78 is 46.6. The molecule has 0 spiro atoms. The van der Waals surface area contributed by atoms with Crippen LogP contribution >= 0.6 is 0 Å². The van der Waals surface area contributed by atoms with Gasteiger partial charge in [0, 0.05) is 30.8 Å². The number of hydrogen-bond donors (Lipinski definition) is 0. The fraction of sp³-hybridized carbons (Fsp3) is 0.435. The van der Waals surface area contributed by atoms with E-state index in [-0.39, 0.29) is 11.8 Å². The van der Waals surface area contributed by atoms with Crippen LogP contribution in [0.15, 0.2) is 42.6 Å². The predicted octanol–water partition coefficient (Wildman–Crippen LogP) is 4.56. The first-order valence-corrected chi connectivity index (χ1v) is 10.8. The summed E-state index contributed by atoms with van der Waals surface area (Å²) in [6, 6.07) is 9.45. The standard InChI is InChI=1S/C23H23F3N4O2/c24-23(25,26)18-7-10-20-27-28-21(30(20)13-18)17-2-1-11-29(12-17)22(31)16-5-8-19(9-6-16)32-14-15-3-4-15/h5-10,13,15,17H,1-4,11-12,14H2/t17-/m1/s1. The Morgan fingerprint density at radius 1 is 1.06 bits per heavy atom. The zero-order valence-corrected chi connectivity index (χ0v) is 17.4. The van der Waals surface area contributed by atoms with Crippen LogP contribution in [0.1, 0.15) is 53.3 Å². The van der Waals surface area contributed by atoms with E-state index >= 15 is 0 Å². The van der Waals surface area contributed by atoms with Crippen molar-refractivity contribution in [2.24, 2.45) is 5.92 Å². The van der Waals surface area contributed by atoms with Crippen molar-refractivity contribution in [3.05, 3.63) is 59.5 Å². The maximum atomic E-state index is 13.2. The third kappa shape index (κ3) is 4.28. The van der Waals surface area contributed by atoms with Gasteiger partial charge in [-0.05, 0) is 68.0 Å². The van der Waals surface area contributed by atoms with Crippen LogP contribution in [0.2, 0.25) is 0 Å². The Morgan fingerprint density at radius 3 is 2.56 bits per heavy atom. The van der Waals surface area contributed by atoms with Crippen molar-refractivity contribution < 1.29 is 22.7 Å². The van der Waals surface area contributed by atoms with Crippen molar-refractivity contribution in [2.45, 2.75) is 37.8 Å². The van der Waals surface area contributed by atoms with Crippen LogP contribution in [-0.4, -0.2) is 45.1 Å². The first-order valence-electron chi connectivity index (χ1n) is 10.8. The Hall–Kier alpha value is -3.10. The second-order valence-electron chi connectivity index (χ2n) is 8.57. The van der Waals surface area contributed by atoms with Crippen molar-refractivity contribution in [3.63, 3.8) is 0 Å². The number of rotatable bonds is 5. The summed E-state index contributed by atoms with van der Waals surface area (Å²) in [5.74, 6) is 1.57. The Morgan fingerprint density at radius 2 is 1.84 bits per heavy atom. The van der Waals surface area contributed by atoms with Crippen LogP contribution in [0.4, 0.5) is 13.2 Å². The number of pyridine rings is 1. The summed E-state index contributed by atoms with van der Waals surface area (Å²) in [4.78, 5) is 14.8. The first-order chi connectivity index (χ1) is 15.4.